The van der Waals surface area contributed by atoms with E-state index in [-0.39, 0.29) is 5.69 Å². The minimum Gasteiger partial charge on any atom is -0.355 e. The molecule has 1 aromatic heterocycles. The molecule has 0 amide bonds. The molecule has 0 radical (unpaired) electrons. The molecule has 1 aromatic carbocycles. The third-order valence-corrected chi connectivity index (χ3v) is 2.57. The number of allylic oxidation sites excluding steroid dienone is 3. The molecule has 0 saturated carbocycles. The summed E-state index contributed by atoms with van der Waals surface area (Å²) in [5.74, 6) is 0. The van der Waals surface area contributed by atoms with Gasteiger partial charge in [0.2, 0.25) is 0 Å². The molecule has 0 bridgehead atoms. The molecular formula is C13H10N2O2S. The van der Waals surface area contributed by atoms with E-state index in [0.717, 1.165) is 16.6 Å². The maximum Gasteiger partial charge on any atom is 0.270 e. The van der Waals surface area contributed by atoms with E-state index in [1.807, 2.05) is 24.3 Å². The number of hydrogen-bond donors (Lipinski definition) is 1. The number of aromatic amines is 1. The summed E-state index contributed by atoms with van der Waals surface area (Å²) in [6.45, 7) is 0. The van der Waals surface area contributed by atoms with Crippen LogP contribution in [0.2, 0.25) is 0 Å². The summed E-state index contributed by atoms with van der Waals surface area (Å²) in [6.07, 6.45) is 7.30. The van der Waals surface area contributed by atoms with Gasteiger partial charge in [-0.05, 0) is 18.2 Å². The van der Waals surface area contributed by atoms with E-state index < -0.39 is 4.92 Å². The molecular weight excluding hydrogens is 248 g/mol. The van der Waals surface area contributed by atoms with Gasteiger partial charge >= 0.3 is 0 Å². The number of hydrogen-bond acceptors (Lipinski definition) is 3. The van der Waals surface area contributed by atoms with Crippen molar-refractivity contribution in [3.63, 3.8) is 0 Å². The first-order valence-corrected chi connectivity index (χ1v) is 5.73. The molecule has 1 heterocycles. The first-order chi connectivity index (χ1) is 8.70. The molecule has 0 aliphatic heterocycles. The van der Waals surface area contributed by atoms with Gasteiger partial charge in [-0.25, -0.2) is 0 Å². The van der Waals surface area contributed by atoms with Gasteiger partial charge in [0.1, 0.15) is 0 Å². The van der Waals surface area contributed by atoms with Crippen molar-refractivity contribution >= 4 is 40.3 Å². The SMILES string of the molecule is O=[N+]([O-])c1ccc2[nH]c(/C=C/C=C\C=S)cc2c1. The van der Waals surface area contributed by atoms with Gasteiger partial charge in [0.15, 0.2) is 0 Å². The fourth-order valence-corrected chi connectivity index (χ4v) is 1.71. The molecule has 90 valence electrons. The van der Waals surface area contributed by atoms with Crippen LogP contribution in [0.25, 0.3) is 17.0 Å². The highest BCUT2D eigenvalue weighted by Gasteiger charge is 2.07. The zero-order valence-corrected chi connectivity index (χ0v) is 10.2. The van der Waals surface area contributed by atoms with Crippen molar-refractivity contribution in [2.45, 2.75) is 0 Å². The second kappa shape index (κ2) is 5.37. The predicted octanol–water partition coefficient (Wildman–Crippen LogP) is 3.65. The van der Waals surface area contributed by atoms with E-state index in [1.54, 1.807) is 18.2 Å². The van der Waals surface area contributed by atoms with Crippen LogP contribution in [0.15, 0.2) is 42.5 Å². The number of non-ortho nitro benzene ring substituents is 1. The van der Waals surface area contributed by atoms with Crippen LogP contribution in [0.1, 0.15) is 5.69 Å². The lowest BCUT2D eigenvalue weighted by Gasteiger charge is -1.90. The normalized spacial score (nSPS) is 11.6. The lowest BCUT2D eigenvalue weighted by atomic mass is 10.2. The maximum absolute atomic E-state index is 10.7. The monoisotopic (exact) mass is 258 g/mol. The van der Waals surface area contributed by atoms with Gasteiger partial charge in [0.05, 0.1) is 4.92 Å². The number of H-pyrrole nitrogens is 1. The van der Waals surface area contributed by atoms with Gasteiger partial charge in [-0.1, -0.05) is 30.4 Å². The van der Waals surface area contributed by atoms with Crippen molar-refractivity contribution in [2.75, 3.05) is 0 Å². The molecule has 2 rings (SSSR count). The minimum atomic E-state index is -0.399. The lowest BCUT2D eigenvalue weighted by molar-refractivity contribution is -0.384. The summed E-state index contributed by atoms with van der Waals surface area (Å²) >= 11 is 4.66. The maximum atomic E-state index is 10.7. The number of nitrogens with one attached hydrogen (secondary N) is 1. The van der Waals surface area contributed by atoms with E-state index in [1.165, 1.54) is 11.4 Å². The molecule has 0 aliphatic rings. The Morgan fingerprint density at radius 1 is 1.22 bits per heavy atom. The average molecular weight is 258 g/mol. The number of fused-ring (bicyclic) bond motifs is 1. The Labute approximate surface area is 109 Å². The topological polar surface area (TPSA) is 58.9 Å². The van der Waals surface area contributed by atoms with Gasteiger partial charge in [-0.2, -0.15) is 0 Å². The van der Waals surface area contributed by atoms with Crippen LogP contribution in [-0.2, 0) is 0 Å². The first kappa shape index (κ1) is 12.2. The zero-order valence-electron chi connectivity index (χ0n) is 9.37. The minimum absolute atomic E-state index is 0.0950. The molecule has 5 heteroatoms. The number of nitrogens with zero attached hydrogens (tertiary/aromatic N) is 1. The van der Waals surface area contributed by atoms with E-state index in [9.17, 15) is 10.1 Å². The molecule has 1 N–H and O–H groups in total. The highest BCUT2D eigenvalue weighted by atomic mass is 32.1. The molecule has 18 heavy (non-hydrogen) atoms. The molecule has 2 aromatic rings. The van der Waals surface area contributed by atoms with Crippen molar-refractivity contribution < 1.29 is 4.92 Å². The van der Waals surface area contributed by atoms with E-state index in [0.29, 0.717) is 0 Å². The Kier molecular flexibility index (Phi) is 3.64. The number of aromatic nitrogens is 1. The molecule has 0 aliphatic carbocycles. The Balaban J connectivity index is 2.32. The van der Waals surface area contributed by atoms with Gasteiger partial charge in [-0.15, -0.1) is 0 Å². The average Bonchev–Trinajstić information content (AvgIpc) is 2.76. The van der Waals surface area contributed by atoms with Crippen LogP contribution in [0.4, 0.5) is 5.69 Å². The first-order valence-electron chi connectivity index (χ1n) is 5.26. The van der Waals surface area contributed by atoms with E-state index in [2.05, 4.69) is 17.2 Å². The van der Waals surface area contributed by atoms with Crippen LogP contribution in [0.3, 0.4) is 0 Å². The third-order valence-electron chi connectivity index (χ3n) is 2.41. The number of thiocarbonyl (C=S) groups is 1. The quantitative estimate of drug-likeness (QED) is 0.299. The highest BCUT2D eigenvalue weighted by Crippen LogP contribution is 2.21. The van der Waals surface area contributed by atoms with Crippen molar-refractivity contribution in [1.82, 2.24) is 4.98 Å². The Morgan fingerprint density at radius 2 is 2.06 bits per heavy atom. The molecule has 0 atom stereocenters. The summed E-state index contributed by atoms with van der Waals surface area (Å²) in [4.78, 5) is 13.4. The number of rotatable bonds is 4. The Morgan fingerprint density at radius 3 is 2.78 bits per heavy atom. The van der Waals surface area contributed by atoms with Gasteiger partial charge < -0.3 is 4.98 Å². The van der Waals surface area contributed by atoms with Gasteiger partial charge in [0.25, 0.3) is 5.69 Å². The molecule has 4 nitrogen and oxygen atoms in total. The molecule has 0 unspecified atom stereocenters. The summed E-state index contributed by atoms with van der Waals surface area (Å²) in [5, 5.41) is 13.0. The summed E-state index contributed by atoms with van der Waals surface area (Å²) in [5.41, 5.74) is 1.86. The third kappa shape index (κ3) is 2.70. The largest absolute Gasteiger partial charge is 0.355 e. The number of nitro benzene ring substituents is 1. The smallest absolute Gasteiger partial charge is 0.270 e. The van der Waals surface area contributed by atoms with Crippen LogP contribution in [0.5, 0.6) is 0 Å². The fraction of sp³-hybridized carbons (Fsp3) is 0. The van der Waals surface area contributed by atoms with Crippen LogP contribution in [0, 0.1) is 10.1 Å². The molecule has 0 spiro atoms. The molecule has 0 fully saturated rings. The summed E-state index contributed by atoms with van der Waals surface area (Å²) in [6, 6.07) is 6.61. The highest BCUT2D eigenvalue weighted by molar-refractivity contribution is 7.79. The number of nitro groups is 1. The van der Waals surface area contributed by atoms with Crippen LogP contribution >= 0.6 is 12.2 Å². The van der Waals surface area contributed by atoms with Crippen molar-refractivity contribution in [2.24, 2.45) is 0 Å². The summed E-state index contributed by atoms with van der Waals surface area (Å²) in [7, 11) is 0. The van der Waals surface area contributed by atoms with Crippen molar-refractivity contribution in [1.29, 1.82) is 0 Å². The second-order valence-corrected chi connectivity index (χ2v) is 3.91. The predicted molar refractivity (Wildman–Crippen MR) is 76.8 cm³/mol. The van der Waals surface area contributed by atoms with Gasteiger partial charge in [-0.3, -0.25) is 10.1 Å². The Hall–Kier alpha value is -2.27. The van der Waals surface area contributed by atoms with Crippen LogP contribution in [-0.4, -0.2) is 15.3 Å². The van der Waals surface area contributed by atoms with E-state index in [4.69, 9.17) is 0 Å². The van der Waals surface area contributed by atoms with Crippen LogP contribution < -0.4 is 0 Å². The fourth-order valence-electron chi connectivity index (χ4n) is 1.61. The second-order valence-electron chi connectivity index (χ2n) is 3.63. The summed E-state index contributed by atoms with van der Waals surface area (Å²) < 4.78 is 0. The zero-order chi connectivity index (χ0) is 13.0. The Bertz CT molecular complexity index is 656. The molecule has 0 saturated heterocycles. The van der Waals surface area contributed by atoms with Crippen molar-refractivity contribution in [3.8, 4) is 0 Å². The van der Waals surface area contributed by atoms with Crippen molar-refractivity contribution in [3.05, 3.63) is 58.3 Å². The van der Waals surface area contributed by atoms with E-state index >= 15 is 0 Å². The van der Waals surface area contributed by atoms with Gasteiger partial charge in [0, 0.05) is 34.1 Å². The lowest BCUT2D eigenvalue weighted by Crippen LogP contribution is -1.86. The number of benzene rings is 1. The standard InChI is InChI=1S/C13H10N2O2S/c16-15(17)12-5-6-13-10(9-12)8-11(14-13)4-2-1-3-7-18/h1-9,14H/b3-1-,4-2+.